The molecule has 6 aliphatic carbocycles. The van der Waals surface area contributed by atoms with Crippen LogP contribution in [0.15, 0.2) is 359 Å². The molecular formula is C144H129N3O3. The number of fused-ring (bicyclic) bond motifs is 30. The lowest BCUT2D eigenvalue weighted by Crippen LogP contribution is -2.42. The molecule has 0 amide bonds. The predicted molar refractivity (Wildman–Crippen MR) is 633 cm³/mol. The van der Waals surface area contributed by atoms with E-state index in [-0.39, 0.29) is 65.0 Å². The molecule has 6 nitrogen and oxygen atoms in total. The minimum Gasteiger partial charge on any atom is -0.456 e. The number of para-hydroxylation sites is 4. The van der Waals surface area contributed by atoms with Gasteiger partial charge in [0.25, 0.3) is 0 Å². The van der Waals surface area contributed by atoms with Crippen LogP contribution in [0.1, 0.15) is 233 Å². The maximum Gasteiger partial charge on any atom is 0.143 e. The van der Waals surface area contributed by atoms with Crippen LogP contribution >= 0.6 is 0 Å². The number of hydrogen-bond acceptors (Lipinski definition) is 3. The van der Waals surface area contributed by atoms with Crippen molar-refractivity contribution in [3.63, 3.8) is 0 Å². The summed E-state index contributed by atoms with van der Waals surface area (Å²) in [6.45, 7) is 58.4. The molecular weight excluding hydrogens is 1820 g/mol. The Hall–Kier alpha value is -15.2. The van der Waals surface area contributed by atoms with Gasteiger partial charge in [-0.3, -0.25) is 0 Å². The summed E-state index contributed by atoms with van der Waals surface area (Å²) in [5.74, 6) is 0. The third-order valence-corrected chi connectivity index (χ3v) is 41.7. The van der Waals surface area contributed by atoms with Crippen molar-refractivity contribution in [2.75, 3.05) is 0 Å². The van der Waals surface area contributed by atoms with Gasteiger partial charge in [-0.05, 0) is 328 Å². The minimum absolute atomic E-state index is 0.0130. The molecule has 0 spiro atoms. The molecule has 150 heavy (non-hydrogen) atoms. The van der Waals surface area contributed by atoms with E-state index in [0.717, 1.165) is 76.9 Å². The maximum absolute atomic E-state index is 6.44. The lowest BCUT2D eigenvalue weighted by atomic mass is 9.59. The van der Waals surface area contributed by atoms with E-state index in [2.05, 4.69) is 495 Å². The summed E-state index contributed by atoms with van der Waals surface area (Å²) in [4.78, 5) is 0. The predicted octanol–water partition coefficient (Wildman–Crippen LogP) is 39.8. The molecule has 0 bridgehead atoms. The van der Waals surface area contributed by atoms with Gasteiger partial charge in [-0.1, -0.05) is 360 Å². The first-order valence-corrected chi connectivity index (χ1v) is 54.3. The summed E-state index contributed by atoms with van der Waals surface area (Å²) < 4.78 is 26.3. The van der Waals surface area contributed by atoms with Crippen molar-refractivity contribution in [3.05, 3.63) is 413 Å². The van der Waals surface area contributed by atoms with Gasteiger partial charge in [0, 0.05) is 104 Å². The molecule has 6 aliphatic rings. The van der Waals surface area contributed by atoms with E-state index in [9.17, 15) is 0 Å². The van der Waals surface area contributed by atoms with Crippen molar-refractivity contribution in [2.24, 2.45) is 16.2 Å². The highest BCUT2D eigenvalue weighted by atomic mass is 16.3. The van der Waals surface area contributed by atoms with Crippen LogP contribution in [0.5, 0.6) is 0 Å². The second-order valence-electron chi connectivity index (χ2n) is 51.2. The molecule has 0 aliphatic heterocycles. The Kier molecular flexibility index (Phi) is 18.6. The van der Waals surface area contributed by atoms with E-state index < -0.39 is 0 Å². The Morgan fingerprint density at radius 1 is 0.153 bits per heavy atom. The zero-order valence-electron chi connectivity index (χ0n) is 91.0. The van der Waals surface area contributed by atoms with Crippen molar-refractivity contribution in [1.29, 1.82) is 0 Å². The first-order valence-electron chi connectivity index (χ1n) is 54.3. The monoisotopic (exact) mass is 1950 g/mol. The Bertz CT molecular complexity index is 9650. The zero-order valence-corrected chi connectivity index (χ0v) is 91.0. The van der Waals surface area contributed by atoms with Crippen molar-refractivity contribution >= 4 is 131 Å². The van der Waals surface area contributed by atoms with Crippen molar-refractivity contribution in [3.8, 4) is 83.8 Å². The summed E-state index contributed by atoms with van der Waals surface area (Å²) >= 11 is 0. The van der Waals surface area contributed by atoms with Gasteiger partial charge in [-0.15, -0.1) is 0 Å². The lowest BCUT2D eigenvalue weighted by molar-refractivity contribution is 0.125. The molecule has 6 heterocycles. The molecule has 738 valence electrons. The van der Waals surface area contributed by atoms with Gasteiger partial charge in [0.15, 0.2) is 0 Å². The second kappa shape index (κ2) is 30.3. The first kappa shape index (κ1) is 92.1. The summed E-state index contributed by atoms with van der Waals surface area (Å²) in [6.07, 6.45) is 0. The molecule has 6 heteroatoms. The van der Waals surface area contributed by atoms with Gasteiger partial charge in [0.05, 0.1) is 33.1 Å². The van der Waals surface area contributed by atoms with Crippen LogP contribution in [0.4, 0.5) is 0 Å². The van der Waals surface area contributed by atoms with Gasteiger partial charge in [-0.2, -0.15) is 0 Å². The van der Waals surface area contributed by atoms with Gasteiger partial charge < -0.3 is 27.0 Å². The van der Waals surface area contributed by atoms with E-state index in [1.807, 2.05) is 30.3 Å². The molecule has 6 aromatic heterocycles. The van der Waals surface area contributed by atoms with E-state index >= 15 is 0 Å². The molecule has 0 saturated carbocycles. The summed E-state index contributed by atoms with van der Waals surface area (Å²) in [7, 11) is 0. The van der Waals surface area contributed by atoms with Crippen LogP contribution < -0.4 is 0 Å². The van der Waals surface area contributed by atoms with E-state index in [1.54, 1.807) is 0 Å². The Morgan fingerprint density at radius 3 is 0.720 bits per heavy atom. The standard InChI is InChI=1S/3C48H43NO/c1-45(2)37-18-11-9-14-31(37)34-24-35-36-25-39-40(47(5,6)48(7,8)46(39,3)4)27-42(36)49(41(35)26-38(34)45)29-22-20-28(21-23-29)30-16-13-17-33-32-15-10-12-19-43(32)50-44(30)33;2*1-45(2)37-15-11-9-13-31(37)33-24-34-35-25-39-40(47(5,6)48(7,8)46(39,3)4)27-42(35)49(41(34)26-38(33)45)30-20-17-28(18-21-30)29-19-22-44-36(23-29)32-14-10-12-16-43(32)50-44/h3*9-27H,1-8H3. The molecule has 24 aromatic rings. The fourth-order valence-electron chi connectivity index (χ4n) is 29.2. The van der Waals surface area contributed by atoms with Crippen LogP contribution in [0, 0.1) is 16.2 Å². The second-order valence-corrected chi connectivity index (χ2v) is 51.2. The average Bonchev–Trinajstić information content (AvgIpc) is 1.52. The number of hydrogen-bond donors (Lipinski definition) is 0. The molecule has 18 aromatic carbocycles. The van der Waals surface area contributed by atoms with Gasteiger partial charge in [0.1, 0.15) is 33.5 Å². The van der Waals surface area contributed by atoms with Crippen molar-refractivity contribution < 1.29 is 13.3 Å². The third kappa shape index (κ3) is 12.0. The summed E-state index contributed by atoms with van der Waals surface area (Å²) in [6, 6.07) is 129. The smallest absolute Gasteiger partial charge is 0.143 e. The van der Waals surface area contributed by atoms with Crippen LogP contribution in [0.25, 0.3) is 215 Å². The largest absolute Gasteiger partial charge is 0.456 e. The molecule has 0 fully saturated rings. The van der Waals surface area contributed by atoms with Crippen LogP contribution in [-0.2, 0) is 48.7 Å². The number of aromatic nitrogens is 3. The summed E-state index contributed by atoms with van der Waals surface area (Å²) in [5, 5.41) is 14.9. The van der Waals surface area contributed by atoms with Crippen molar-refractivity contribution in [1.82, 2.24) is 13.7 Å². The number of furan rings is 3. The molecule has 0 unspecified atom stereocenters. The Morgan fingerprint density at radius 2 is 0.393 bits per heavy atom. The highest BCUT2D eigenvalue weighted by molar-refractivity contribution is 6.17. The number of nitrogens with zero attached hydrogens (tertiary/aromatic N) is 3. The Balaban J connectivity index is 0.000000108. The third-order valence-electron chi connectivity index (χ3n) is 41.7. The topological polar surface area (TPSA) is 54.2 Å². The maximum atomic E-state index is 6.44. The average molecular weight is 1950 g/mol. The molecule has 0 atom stereocenters. The lowest BCUT2D eigenvalue weighted by Gasteiger charge is -2.44. The quantitative estimate of drug-likeness (QED) is 0.167. The van der Waals surface area contributed by atoms with Gasteiger partial charge >= 0.3 is 0 Å². The molecule has 30 rings (SSSR count). The van der Waals surface area contributed by atoms with Gasteiger partial charge in [-0.25, -0.2) is 0 Å². The van der Waals surface area contributed by atoms with Crippen LogP contribution in [-0.4, -0.2) is 13.7 Å². The highest BCUT2D eigenvalue weighted by Gasteiger charge is 2.60. The van der Waals surface area contributed by atoms with E-state index in [1.165, 1.54) is 205 Å². The molecule has 0 radical (unpaired) electrons. The summed E-state index contributed by atoms with van der Waals surface area (Å²) in [5.41, 5.74) is 49.6. The van der Waals surface area contributed by atoms with Crippen molar-refractivity contribution in [2.45, 2.75) is 215 Å². The first-order chi connectivity index (χ1) is 71.4. The normalized spacial score (nSPS) is 17.8. The van der Waals surface area contributed by atoms with E-state index in [4.69, 9.17) is 13.3 Å². The van der Waals surface area contributed by atoms with Crippen LogP contribution in [0.3, 0.4) is 0 Å². The Labute approximate surface area is 879 Å². The van der Waals surface area contributed by atoms with Crippen LogP contribution in [0.2, 0.25) is 0 Å². The highest BCUT2D eigenvalue weighted by Crippen LogP contribution is 2.68. The molecule has 0 saturated heterocycles. The fraction of sp³-hybridized carbons (Fsp3) is 0.250. The zero-order chi connectivity index (χ0) is 104. The van der Waals surface area contributed by atoms with E-state index in [0.29, 0.717) is 0 Å². The van der Waals surface area contributed by atoms with Gasteiger partial charge in [0.2, 0.25) is 0 Å². The minimum atomic E-state index is -0.0771. The number of rotatable bonds is 6. The SMILES string of the molecule is CC1(C)c2ccccc2-c2cc3c4cc5c(cc4n(-c4ccc(-c6ccc7oc8ccccc8c7c6)cc4)c3cc21)C(C)(C)C(C)(C)C5(C)C.CC1(C)c2ccccc2-c2cc3c4cc5c(cc4n(-c4ccc(-c6ccc7oc8ccccc8c7c6)cc4)c3cc21)C(C)(C)C(C)(C)C5(C)C.CC1(C)c2ccccc2-c2cc3c4cc5c(cc4n(-c4ccc(-c6cccc7c6oc6ccccc67)cc4)c3cc21)C(C)(C)C(C)(C)C5(C)C. The number of benzene rings is 18. The fourth-order valence-corrected chi connectivity index (χ4v) is 29.2. The molecule has 0 N–H and O–H groups in total.